The molecule has 0 saturated heterocycles. The van der Waals surface area contributed by atoms with Crippen LogP contribution in [-0.4, -0.2) is 16.0 Å². The molecule has 0 bridgehead atoms. The number of hydrogen-bond acceptors (Lipinski definition) is 3. The predicted molar refractivity (Wildman–Crippen MR) is 81.4 cm³/mol. The highest BCUT2D eigenvalue weighted by molar-refractivity contribution is 5.07. The summed E-state index contributed by atoms with van der Waals surface area (Å²) in [5, 5.41) is 3.53. The van der Waals surface area contributed by atoms with Gasteiger partial charge in [-0.1, -0.05) is 13.8 Å². The van der Waals surface area contributed by atoms with Crippen molar-refractivity contribution in [2.75, 3.05) is 0 Å². The van der Waals surface area contributed by atoms with Crippen molar-refractivity contribution in [2.45, 2.75) is 70.9 Å². The van der Waals surface area contributed by atoms with E-state index in [4.69, 9.17) is 4.98 Å². The highest BCUT2D eigenvalue weighted by atomic mass is 15.0. The van der Waals surface area contributed by atoms with Crippen LogP contribution in [0.15, 0.2) is 12.3 Å². The Kier molecular flexibility index (Phi) is 4.35. The Bertz CT molecular complexity index is 432. The highest BCUT2D eigenvalue weighted by Gasteiger charge is 2.26. The lowest BCUT2D eigenvalue weighted by atomic mass is 9.77. The first-order chi connectivity index (χ1) is 9.72. The molecule has 0 aromatic carbocycles. The molecule has 110 valence electrons. The van der Waals surface area contributed by atoms with Gasteiger partial charge < -0.3 is 5.32 Å². The van der Waals surface area contributed by atoms with E-state index in [1.54, 1.807) is 0 Å². The van der Waals surface area contributed by atoms with Crippen molar-refractivity contribution >= 4 is 0 Å². The number of hydrogen-bond donors (Lipinski definition) is 1. The van der Waals surface area contributed by atoms with Gasteiger partial charge in [-0.3, -0.25) is 0 Å². The monoisotopic (exact) mass is 273 g/mol. The summed E-state index contributed by atoms with van der Waals surface area (Å²) in [5.74, 6) is 3.41. The molecule has 0 spiro atoms. The molecule has 2 fully saturated rings. The fraction of sp³-hybridized carbons (Fsp3) is 0.765. The van der Waals surface area contributed by atoms with Gasteiger partial charge >= 0.3 is 0 Å². The maximum Gasteiger partial charge on any atom is 0.131 e. The summed E-state index contributed by atoms with van der Waals surface area (Å²) in [6, 6.07) is 2.80. The van der Waals surface area contributed by atoms with Gasteiger partial charge in [-0.2, -0.15) is 0 Å². The molecule has 2 aliphatic carbocycles. The van der Waals surface area contributed by atoms with Crippen LogP contribution < -0.4 is 5.32 Å². The SMILES string of the molecule is CC(C)C1CCC(c2nccc(CNC3CC3)n2)CC1. The first kappa shape index (κ1) is 14.0. The molecule has 0 radical (unpaired) electrons. The van der Waals surface area contributed by atoms with E-state index in [-0.39, 0.29) is 0 Å². The molecule has 2 saturated carbocycles. The molecule has 3 nitrogen and oxygen atoms in total. The molecule has 3 heteroatoms. The topological polar surface area (TPSA) is 37.8 Å². The van der Waals surface area contributed by atoms with Gasteiger partial charge in [-0.05, 0) is 56.4 Å². The van der Waals surface area contributed by atoms with Crippen molar-refractivity contribution in [2.24, 2.45) is 11.8 Å². The smallest absolute Gasteiger partial charge is 0.131 e. The third kappa shape index (κ3) is 3.57. The van der Waals surface area contributed by atoms with Gasteiger partial charge in [0.1, 0.15) is 5.82 Å². The van der Waals surface area contributed by atoms with E-state index in [9.17, 15) is 0 Å². The lowest BCUT2D eigenvalue weighted by molar-refractivity contribution is 0.254. The van der Waals surface area contributed by atoms with E-state index >= 15 is 0 Å². The molecule has 20 heavy (non-hydrogen) atoms. The van der Waals surface area contributed by atoms with E-state index in [2.05, 4.69) is 30.2 Å². The summed E-state index contributed by atoms with van der Waals surface area (Å²) >= 11 is 0. The van der Waals surface area contributed by atoms with E-state index < -0.39 is 0 Å². The van der Waals surface area contributed by atoms with Crippen LogP contribution in [0.3, 0.4) is 0 Å². The number of rotatable bonds is 5. The van der Waals surface area contributed by atoms with Crippen molar-refractivity contribution in [3.63, 3.8) is 0 Å². The number of aromatic nitrogens is 2. The number of nitrogens with one attached hydrogen (secondary N) is 1. The Balaban J connectivity index is 1.57. The van der Waals surface area contributed by atoms with Crippen molar-refractivity contribution < 1.29 is 0 Å². The lowest BCUT2D eigenvalue weighted by Gasteiger charge is -2.30. The molecule has 2 aliphatic rings. The third-order valence-corrected chi connectivity index (χ3v) is 4.96. The molecule has 3 rings (SSSR count). The summed E-state index contributed by atoms with van der Waals surface area (Å²) in [6.07, 6.45) is 9.83. The fourth-order valence-electron chi connectivity index (χ4n) is 3.29. The third-order valence-electron chi connectivity index (χ3n) is 4.96. The predicted octanol–water partition coefficient (Wildman–Crippen LogP) is 3.66. The summed E-state index contributed by atoms with van der Waals surface area (Å²) in [7, 11) is 0. The molecule has 0 amide bonds. The summed E-state index contributed by atoms with van der Waals surface area (Å²) < 4.78 is 0. The molecule has 1 N–H and O–H groups in total. The van der Waals surface area contributed by atoms with E-state index in [1.165, 1.54) is 38.5 Å². The lowest BCUT2D eigenvalue weighted by Crippen LogP contribution is -2.20. The molecule has 1 heterocycles. The maximum atomic E-state index is 4.79. The Morgan fingerprint density at radius 1 is 1.15 bits per heavy atom. The van der Waals surface area contributed by atoms with Crippen LogP contribution in [0.4, 0.5) is 0 Å². The summed E-state index contributed by atoms with van der Waals surface area (Å²) in [4.78, 5) is 9.33. The highest BCUT2D eigenvalue weighted by Crippen LogP contribution is 2.37. The largest absolute Gasteiger partial charge is 0.308 e. The normalized spacial score (nSPS) is 26.9. The summed E-state index contributed by atoms with van der Waals surface area (Å²) in [6.45, 7) is 5.61. The zero-order valence-corrected chi connectivity index (χ0v) is 12.8. The molecular weight excluding hydrogens is 246 g/mol. The average molecular weight is 273 g/mol. The van der Waals surface area contributed by atoms with Crippen molar-refractivity contribution in [3.05, 3.63) is 23.8 Å². The van der Waals surface area contributed by atoms with E-state index in [0.29, 0.717) is 5.92 Å². The van der Waals surface area contributed by atoms with Gasteiger partial charge in [0.2, 0.25) is 0 Å². The van der Waals surface area contributed by atoms with Crippen LogP contribution in [-0.2, 0) is 6.54 Å². The molecule has 0 atom stereocenters. The molecule has 0 unspecified atom stereocenters. The quantitative estimate of drug-likeness (QED) is 0.889. The maximum absolute atomic E-state index is 4.79. The first-order valence-electron chi connectivity index (χ1n) is 8.27. The molecule has 0 aliphatic heterocycles. The van der Waals surface area contributed by atoms with Crippen LogP contribution in [0.25, 0.3) is 0 Å². The molecule has 1 aromatic rings. The van der Waals surface area contributed by atoms with Gasteiger partial charge in [0.15, 0.2) is 0 Å². The molecular formula is C17H27N3. The second-order valence-corrected chi connectivity index (χ2v) is 6.92. The Labute approximate surface area is 122 Å². The second kappa shape index (κ2) is 6.21. The summed E-state index contributed by atoms with van der Waals surface area (Å²) in [5.41, 5.74) is 1.16. The minimum Gasteiger partial charge on any atom is -0.308 e. The Hall–Kier alpha value is -0.960. The van der Waals surface area contributed by atoms with Crippen LogP contribution in [0, 0.1) is 11.8 Å². The Morgan fingerprint density at radius 2 is 1.90 bits per heavy atom. The zero-order chi connectivity index (χ0) is 13.9. The van der Waals surface area contributed by atoms with Gasteiger partial charge in [0.05, 0.1) is 5.69 Å². The van der Waals surface area contributed by atoms with Crippen LogP contribution in [0.5, 0.6) is 0 Å². The zero-order valence-electron chi connectivity index (χ0n) is 12.8. The fourth-order valence-corrected chi connectivity index (χ4v) is 3.29. The van der Waals surface area contributed by atoms with Crippen molar-refractivity contribution in [1.82, 2.24) is 15.3 Å². The minimum atomic E-state index is 0.589. The van der Waals surface area contributed by atoms with Gasteiger partial charge in [0, 0.05) is 24.7 Å². The van der Waals surface area contributed by atoms with Crippen LogP contribution >= 0.6 is 0 Å². The second-order valence-electron chi connectivity index (χ2n) is 6.92. The van der Waals surface area contributed by atoms with Crippen LogP contribution in [0.2, 0.25) is 0 Å². The van der Waals surface area contributed by atoms with Gasteiger partial charge in [-0.15, -0.1) is 0 Å². The Morgan fingerprint density at radius 3 is 2.55 bits per heavy atom. The van der Waals surface area contributed by atoms with Crippen LogP contribution in [0.1, 0.15) is 69.8 Å². The van der Waals surface area contributed by atoms with Crippen molar-refractivity contribution in [3.8, 4) is 0 Å². The van der Waals surface area contributed by atoms with Gasteiger partial charge in [-0.25, -0.2) is 9.97 Å². The standard InChI is InChI=1S/C17H27N3/c1-12(2)13-3-5-14(6-4-13)17-18-10-9-16(20-17)11-19-15-7-8-15/h9-10,12-15,19H,3-8,11H2,1-2H3. The number of nitrogens with zero attached hydrogens (tertiary/aromatic N) is 2. The van der Waals surface area contributed by atoms with Gasteiger partial charge in [0.25, 0.3) is 0 Å². The first-order valence-corrected chi connectivity index (χ1v) is 8.27. The van der Waals surface area contributed by atoms with E-state index in [0.717, 1.165) is 35.9 Å². The van der Waals surface area contributed by atoms with E-state index in [1.807, 2.05) is 6.20 Å². The average Bonchev–Trinajstić information content (AvgIpc) is 3.30. The minimum absolute atomic E-state index is 0.589. The van der Waals surface area contributed by atoms with Crippen molar-refractivity contribution in [1.29, 1.82) is 0 Å². The molecule has 1 aromatic heterocycles.